The Morgan fingerprint density at radius 2 is 2.00 bits per heavy atom. The van der Waals surface area contributed by atoms with Gasteiger partial charge in [0, 0.05) is 12.1 Å². The van der Waals surface area contributed by atoms with Crippen molar-refractivity contribution in [1.82, 2.24) is 5.32 Å². The first kappa shape index (κ1) is 13.9. The summed E-state index contributed by atoms with van der Waals surface area (Å²) in [4.78, 5) is 11.9. The molecule has 1 amide bonds. The van der Waals surface area contributed by atoms with Crippen molar-refractivity contribution in [3.63, 3.8) is 0 Å². The van der Waals surface area contributed by atoms with Gasteiger partial charge in [-0.15, -0.1) is 0 Å². The molecule has 0 aliphatic carbocycles. The van der Waals surface area contributed by atoms with Crippen LogP contribution in [-0.4, -0.2) is 18.5 Å². The molecule has 104 valence electrons. The van der Waals surface area contributed by atoms with Gasteiger partial charge in [-0.25, -0.2) is 13.2 Å². The lowest BCUT2D eigenvalue weighted by molar-refractivity contribution is -0.118. The molecule has 1 unspecified atom stereocenters. The van der Waals surface area contributed by atoms with Gasteiger partial charge in [0.25, 0.3) is 0 Å². The molecule has 1 heterocycles. The Kier molecular flexibility index (Phi) is 4.42. The maximum absolute atomic E-state index is 13.4. The topological polar surface area (TPSA) is 41.1 Å². The number of hydrogen-bond donors (Lipinski definition) is 2. The lowest BCUT2D eigenvalue weighted by atomic mass is 10.1. The second-order valence-electron chi connectivity index (χ2n) is 4.59. The van der Waals surface area contributed by atoms with Crippen molar-refractivity contribution >= 4 is 11.6 Å². The number of hydrogen-bond acceptors (Lipinski definition) is 2. The maximum Gasteiger partial charge on any atom is 0.241 e. The normalized spacial score (nSPS) is 19.8. The Morgan fingerprint density at radius 1 is 1.21 bits per heavy atom. The number of nitrogens with one attached hydrogen (secondary N) is 2. The summed E-state index contributed by atoms with van der Waals surface area (Å²) in [6, 6.07) is 0.760. The highest BCUT2D eigenvalue weighted by Crippen LogP contribution is 2.20. The number of benzene rings is 1. The molecule has 1 aromatic carbocycles. The van der Waals surface area contributed by atoms with Crippen LogP contribution in [0, 0.1) is 17.5 Å². The number of amides is 1. The molecule has 2 N–H and O–H groups in total. The molecule has 0 bridgehead atoms. The summed E-state index contributed by atoms with van der Waals surface area (Å²) in [5.74, 6) is -3.96. The number of halogens is 3. The lowest BCUT2D eigenvalue weighted by Gasteiger charge is -2.16. The summed E-state index contributed by atoms with van der Waals surface area (Å²) in [5, 5.41) is 5.26. The van der Waals surface area contributed by atoms with Crippen LogP contribution in [-0.2, 0) is 4.79 Å². The van der Waals surface area contributed by atoms with Gasteiger partial charge in [-0.2, -0.15) is 0 Å². The smallest absolute Gasteiger partial charge is 0.241 e. The first-order chi connectivity index (χ1) is 9.08. The molecule has 0 aromatic heterocycles. The molecule has 0 saturated carbocycles. The molecule has 3 nitrogen and oxygen atoms in total. The van der Waals surface area contributed by atoms with Crippen molar-refractivity contribution in [2.45, 2.75) is 31.7 Å². The van der Waals surface area contributed by atoms with E-state index in [-0.39, 0.29) is 0 Å². The molecular formula is C13H15F3N2O. The van der Waals surface area contributed by atoms with Gasteiger partial charge in [0.1, 0.15) is 5.82 Å². The summed E-state index contributed by atoms with van der Waals surface area (Å²) in [6.45, 7) is 0.706. The molecule has 1 saturated heterocycles. The zero-order valence-corrected chi connectivity index (χ0v) is 10.3. The zero-order valence-electron chi connectivity index (χ0n) is 10.3. The molecule has 1 aromatic rings. The van der Waals surface area contributed by atoms with Crippen LogP contribution in [0.5, 0.6) is 0 Å². The number of carbonyl (C=O) groups excluding carboxylic acids is 1. The second-order valence-corrected chi connectivity index (χ2v) is 4.59. The monoisotopic (exact) mass is 272 g/mol. The van der Waals surface area contributed by atoms with Gasteiger partial charge < -0.3 is 10.6 Å². The molecule has 0 radical (unpaired) electrons. The van der Waals surface area contributed by atoms with Gasteiger partial charge in [0.2, 0.25) is 5.91 Å². The minimum Gasteiger partial charge on any atom is -0.322 e. The van der Waals surface area contributed by atoms with E-state index in [2.05, 4.69) is 10.6 Å². The third kappa shape index (κ3) is 3.47. The van der Waals surface area contributed by atoms with Crippen molar-refractivity contribution in [2.24, 2.45) is 0 Å². The molecule has 2 rings (SSSR count). The predicted molar refractivity (Wildman–Crippen MR) is 65.2 cm³/mol. The second kappa shape index (κ2) is 6.06. The van der Waals surface area contributed by atoms with Gasteiger partial charge in [-0.3, -0.25) is 4.79 Å². The Balaban J connectivity index is 2.09. The Hall–Kier alpha value is -1.56. The van der Waals surface area contributed by atoms with Crippen molar-refractivity contribution in [3.05, 3.63) is 29.6 Å². The number of anilines is 1. The van der Waals surface area contributed by atoms with Gasteiger partial charge in [0.15, 0.2) is 11.6 Å². The average molecular weight is 272 g/mol. The van der Waals surface area contributed by atoms with Gasteiger partial charge in [-0.1, -0.05) is 12.8 Å². The molecular weight excluding hydrogens is 257 g/mol. The molecule has 19 heavy (non-hydrogen) atoms. The van der Waals surface area contributed by atoms with Crippen LogP contribution in [0.4, 0.5) is 18.9 Å². The number of carbonyl (C=O) groups is 1. The Labute approximate surface area is 109 Å². The van der Waals surface area contributed by atoms with Crippen LogP contribution in [0.2, 0.25) is 0 Å². The van der Waals surface area contributed by atoms with Gasteiger partial charge in [-0.05, 0) is 19.4 Å². The van der Waals surface area contributed by atoms with E-state index in [1.807, 2.05) is 0 Å². The minimum atomic E-state index is -1.32. The van der Waals surface area contributed by atoms with E-state index >= 15 is 0 Å². The highest BCUT2D eigenvalue weighted by molar-refractivity contribution is 5.94. The van der Waals surface area contributed by atoms with Crippen LogP contribution in [0.25, 0.3) is 0 Å². The van der Waals surface area contributed by atoms with E-state index in [1.165, 1.54) is 0 Å². The van der Waals surface area contributed by atoms with Crippen LogP contribution in [0.3, 0.4) is 0 Å². The standard InChI is InChI=1S/C13H15F3N2O/c14-8-6-9(15)12(16)11(7-8)18-13(19)10-4-2-1-3-5-17-10/h6-7,10,17H,1-5H2,(H,18,19). The first-order valence-corrected chi connectivity index (χ1v) is 6.26. The lowest BCUT2D eigenvalue weighted by Crippen LogP contribution is -2.40. The van der Waals surface area contributed by atoms with Crippen LogP contribution >= 0.6 is 0 Å². The Bertz CT molecular complexity index is 471. The summed E-state index contributed by atoms with van der Waals surface area (Å²) in [5.41, 5.74) is -0.464. The van der Waals surface area contributed by atoms with Crippen molar-refractivity contribution in [1.29, 1.82) is 0 Å². The summed E-state index contributed by atoms with van der Waals surface area (Å²) in [7, 11) is 0. The summed E-state index contributed by atoms with van der Waals surface area (Å²) >= 11 is 0. The van der Waals surface area contributed by atoms with Crippen molar-refractivity contribution in [3.8, 4) is 0 Å². The van der Waals surface area contributed by atoms with E-state index in [0.29, 0.717) is 19.0 Å². The highest BCUT2D eigenvalue weighted by atomic mass is 19.2. The zero-order chi connectivity index (χ0) is 13.8. The van der Waals surface area contributed by atoms with Gasteiger partial charge in [0.05, 0.1) is 11.7 Å². The minimum absolute atomic E-state index is 0.439. The number of rotatable bonds is 2. The largest absolute Gasteiger partial charge is 0.322 e. The average Bonchev–Trinajstić information content (AvgIpc) is 2.64. The maximum atomic E-state index is 13.4. The molecule has 6 heteroatoms. The highest BCUT2D eigenvalue weighted by Gasteiger charge is 2.21. The fourth-order valence-corrected chi connectivity index (χ4v) is 2.12. The third-order valence-electron chi connectivity index (χ3n) is 3.13. The molecule has 1 aliphatic rings. The van der Waals surface area contributed by atoms with E-state index in [4.69, 9.17) is 0 Å². The first-order valence-electron chi connectivity index (χ1n) is 6.26. The fraction of sp³-hybridized carbons (Fsp3) is 0.462. The fourth-order valence-electron chi connectivity index (χ4n) is 2.12. The third-order valence-corrected chi connectivity index (χ3v) is 3.13. The predicted octanol–water partition coefficient (Wildman–Crippen LogP) is 2.57. The summed E-state index contributed by atoms with van der Waals surface area (Å²) < 4.78 is 39.4. The molecule has 1 atom stereocenters. The summed E-state index contributed by atoms with van der Waals surface area (Å²) in [6.07, 6.45) is 3.53. The SMILES string of the molecule is O=C(Nc1cc(F)cc(F)c1F)C1CCCCCN1. The van der Waals surface area contributed by atoms with E-state index in [0.717, 1.165) is 25.3 Å². The van der Waals surface area contributed by atoms with E-state index in [1.54, 1.807) is 0 Å². The Morgan fingerprint density at radius 3 is 2.79 bits per heavy atom. The van der Waals surface area contributed by atoms with Crippen molar-refractivity contribution in [2.75, 3.05) is 11.9 Å². The van der Waals surface area contributed by atoms with Gasteiger partial charge >= 0.3 is 0 Å². The quantitative estimate of drug-likeness (QED) is 0.812. The van der Waals surface area contributed by atoms with Crippen LogP contribution in [0.15, 0.2) is 12.1 Å². The molecule has 1 fully saturated rings. The van der Waals surface area contributed by atoms with E-state index < -0.39 is 35.1 Å². The van der Waals surface area contributed by atoms with Crippen LogP contribution in [0.1, 0.15) is 25.7 Å². The molecule has 0 spiro atoms. The van der Waals surface area contributed by atoms with Crippen LogP contribution < -0.4 is 10.6 Å². The molecule has 1 aliphatic heterocycles. The van der Waals surface area contributed by atoms with Crippen molar-refractivity contribution < 1.29 is 18.0 Å². The van der Waals surface area contributed by atoms with E-state index in [9.17, 15) is 18.0 Å².